The molecule has 118 valence electrons. The molecule has 0 aliphatic carbocycles. The van der Waals surface area contributed by atoms with Gasteiger partial charge in [-0.1, -0.05) is 18.2 Å². The van der Waals surface area contributed by atoms with E-state index in [4.69, 9.17) is 0 Å². The second-order valence-electron chi connectivity index (χ2n) is 5.23. The molecule has 1 N–H and O–H groups in total. The lowest BCUT2D eigenvalue weighted by molar-refractivity contribution is -0.115. The number of hydrogen-bond donors (Lipinski definition) is 1. The first kappa shape index (κ1) is 16.2. The van der Waals surface area contributed by atoms with E-state index in [1.54, 1.807) is 35.3 Å². The third-order valence-electron chi connectivity index (χ3n) is 3.11. The van der Waals surface area contributed by atoms with Gasteiger partial charge in [-0.2, -0.15) is 5.10 Å². The fraction of sp³-hybridized carbons (Fsp3) is 0.333. The average Bonchev–Trinajstić information content (AvgIpc) is 2.95. The summed E-state index contributed by atoms with van der Waals surface area (Å²) < 4.78 is 25.9. The number of hydrogen-bond acceptors (Lipinski definition) is 4. The van der Waals surface area contributed by atoms with Crippen molar-refractivity contribution in [1.29, 1.82) is 0 Å². The maximum Gasteiger partial charge on any atom is 0.225 e. The van der Waals surface area contributed by atoms with Crippen molar-refractivity contribution in [2.75, 3.05) is 11.1 Å². The number of nitrogens with zero attached hydrogens (tertiary/aromatic N) is 2. The molecule has 2 aromatic rings. The van der Waals surface area contributed by atoms with Gasteiger partial charge in [0.25, 0.3) is 0 Å². The van der Waals surface area contributed by atoms with Crippen LogP contribution in [0.3, 0.4) is 0 Å². The predicted octanol–water partition coefficient (Wildman–Crippen LogP) is 2.27. The first-order valence-electron chi connectivity index (χ1n) is 7.00. The van der Waals surface area contributed by atoms with E-state index in [1.807, 2.05) is 13.8 Å². The van der Waals surface area contributed by atoms with Crippen molar-refractivity contribution in [3.8, 4) is 0 Å². The number of aromatic nitrogens is 2. The van der Waals surface area contributed by atoms with Crippen molar-refractivity contribution in [1.82, 2.24) is 9.78 Å². The molecule has 0 saturated carbocycles. The van der Waals surface area contributed by atoms with Gasteiger partial charge in [0.15, 0.2) is 9.84 Å². The Labute approximate surface area is 130 Å². The van der Waals surface area contributed by atoms with Crippen LogP contribution in [-0.2, 0) is 14.6 Å². The maximum absolute atomic E-state index is 12.1. The number of benzene rings is 1. The number of anilines is 1. The van der Waals surface area contributed by atoms with Gasteiger partial charge >= 0.3 is 0 Å². The van der Waals surface area contributed by atoms with E-state index in [9.17, 15) is 13.2 Å². The summed E-state index contributed by atoms with van der Waals surface area (Å²) in [5, 5.41) is 6.76. The lowest BCUT2D eigenvalue weighted by Gasteiger charge is -2.05. The van der Waals surface area contributed by atoms with E-state index < -0.39 is 9.84 Å². The highest BCUT2D eigenvalue weighted by molar-refractivity contribution is 7.91. The average molecular weight is 321 g/mol. The number of carbonyl (C=O) groups is 1. The first-order valence-corrected chi connectivity index (χ1v) is 8.65. The smallest absolute Gasteiger partial charge is 0.225 e. The Hall–Kier alpha value is -2.15. The van der Waals surface area contributed by atoms with Crippen LogP contribution in [0.4, 0.5) is 5.69 Å². The van der Waals surface area contributed by atoms with Gasteiger partial charge in [0.2, 0.25) is 5.91 Å². The summed E-state index contributed by atoms with van der Waals surface area (Å²) in [6.07, 6.45) is 3.17. The second-order valence-corrected chi connectivity index (χ2v) is 7.34. The number of carbonyl (C=O) groups excluding carboxylic acids is 1. The van der Waals surface area contributed by atoms with Crippen molar-refractivity contribution in [2.24, 2.45) is 0 Å². The topological polar surface area (TPSA) is 81.1 Å². The highest BCUT2D eigenvalue weighted by atomic mass is 32.2. The van der Waals surface area contributed by atoms with E-state index >= 15 is 0 Å². The predicted molar refractivity (Wildman–Crippen MR) is 84.4 cm³/mol. The molecule has 0 radical (unpaired) electrons. The SMILES string of the molecule is CC(C)n1cc(NC(=O)CCS(=O)(=O)c2ccccc2)cn1. The lowest BCUT2D eigenvalue weighted by atomic mass is 10.4. The molecule has 0 spiro atoms. The molecule has 0 aliphatic rings. The largest absolute Gasteiger partial charge is 0.323 e. The first-order chi connectivity index (χ1) is 10.4. The van der Waals surface area contributed by atoms with E-state index in [1.165, 1.54) is 12.1 Å². The summed E-state index contributed by atoms with van der Waals surface area (Å²) >= 11 is 0. The van der Waals surface area contributed by atoms with Crippen LogP contribution in [0.2, 0.25) is 0 Å². The van der Waals surface area contributed by atoms with Crippen LogP contribution in [0.5, 0.6) is 0 Å². The van der Waals surface area contributed by atoms with E-state index in [2.05, 4.69) is 10.4 Å². The fourth-order valence-corrected chi connectivity index (χ4v) is 3.14. The van der Waals surface area contributed by atoms with Gasteiger partial charge in [-0.3, -0.25) is 9.48 Å². The molecule has 1 heterocycles. The van der Waals surface area contributed by atoms with E-state index in [0.29, 0.717) is 5.69 Å². The Morgan fingerprint density at radius 2 is 1.95 bits per heavy atom. The molecular formula is C15H19N3O3S. The normalized spacial score (nSPS) is 11.6. The van der Waals surface area contributed by atoms with Crippen LogP contribution in [0.25, 0.3) is 0 Å². The number of sulfone groups is 1. The molecule has 0 unspecified atom stereocenters. The zero-order valence-electron chi connectivity index (χ0n) is 12.6. The molecule has 0 atom stereocenters. The van der Waals surface area contributed by atoms with Crippen LogP contribution >= 0.6 is 0 Å². The second kappa shape index (κ2) is 6.74. The maximum atomic E-state index is 12.1. The van der Waals surface area contributed by atoms with Crippen LogP contribution in [0.1, 0.15) is 26.3 Å². The Morgan fingerprint density at radius 3 is 2.55 bits per heavy atom. The third kappa shape index (κ3) is 4.17. The van der Waals surface area contributed by atoms with Crippen molar-refractivity contribution >= 4 is 21.4 Å². The van der Waals surface area contributed by atoms with E-state index in [-0.39, 0.29) is 29.0 Å². The minimum absolute atomic E-state index is 0.0932. The number of amides is 1. The summed E-state index contributed by atoms with van der Waals surface area (Å²) in [5.41, 5.74) is 0.566. The third-order valence-corrected chi connectivity index (χ3v) is 4.85. The van der Waals surface area contributed by atoms with Gasteiger partial charge in [0.05, 0.1) is 22.5 Å². The van der Waals surface area contributed by atoms with Crippen molar-refractivity contribution in [2.45, 2.75) is 31.2 Å². The summed E-state index contributed by atoms with van der Waals surface area (Å²) in [5.74, 6) is -0.566. The van der Waals surface area contributed by atoms with Crippen LogP contribution in [0, 0.1) is 0 Å². The number of nitrogens with one attached hydrogen (secondary N) is 1. The van der Waals surface area contributed by atoms with Gasteiger partial charge in [0, 0.05) is 18.7 Å². The van der Waals surface area contributed by atoms with Crippen LogP contribution in [-0.4, -0.2) is 29.9 Å². The van der Waals surface area contributed by atoms with Crippen LogP contribution < -0.4 is 5.32 Å². The Balaban J connectivity index is 1.92. The molecule has 2 rings (SSSR count). The Bertz CT molecular complexity index is 736. The molecule has 1 amide bonds. The van der Waals surface area contributed by atoms with Gasteiger partial charge in [-0.15, -0.1) is 0 Å². The number of rotatable bonds is 6. The highest BCUT2D eigenvalue weighted by Gasteiger charge is 2.16. The van der Waals surface area contributed by atoms with Gasteiger partial charge in [0.1, 0.15) is 0 Å². The quantitative estimate of drug-likeness (QED) is 0.885. The Kier molecular flexibility index (Phi) is 4.97. The summed E-state index contributed by atoms with van der Waals surface area (Å²) in [6, 6.07) is 8.32. The molecule has 0 bridgehead atoms. The molecule has 0 aliphatic heterocycles. The molecule has 7 heteroatoms. The van der Waals surface area contributed by atoms with Gasteiger partial charge in [-0.25, -0.2) is 8.42 Å². The lowest BCUT2D eigenvalue weighted by Crippen LogP contribution is -2.17. The standard InChI is InChI=1S/C15H19N3O3S/c1-12(2)18-11-13(10-16-18)17-15(19)8-9-22(20,21)14-6-4-3-5-7-14/h3-7,10-12H,8-9H2,1-2H3,(H,17,19). The minimum atomic E-state index is -3.44. The van der Waals surface area contributed by atoms with Gasteiger partial charge in [-0.05, 0) is 26.0 Å². The zero-order chi connectivity index (χ0) is 16.2. The van der Waals surface area contributed by atoms with Crippen LogP contribution in [0.15, 0.2) is 47.6 Å². The van der Waals surface area contributed by atoms with Crippen molar-refractivity contribution in [3.05, 3.63) is 42.7 Å². The summed E-state index contributed by atoms with van der Waals surface area (Å²) in [7, 11) is -3.44. The molecule has 1 aromatic carbocycles. The fourth-order valence-electron chi connectivity index (χ4n) is 1.88. The van der Waals surface area contributed by atoms with Crippen molar-refractivity contribution < 1.29 is 13.2 Å². The van der Waals surface area contributed by atoms with Crippen molar-refractivity contribution in [3.63, 3.8) is 0 Å². The highest BCUT2D eigenvalue weighted by Crippen LogP contribution is 2.13. The monoisotopic (exact) mass is 321 g/mol. The molecule has 0 saturated heterocycles. The minimum Gasteiger partial charge on any atom is -0.323 e. The molecular weight excluding hydrogens is 302 g/mol. The Morgan fingerprint density at radius 1 is 1.27 bits per heavy atom. The molecule has 1 aromatic heterocycles. The zero-order valence-corrected chi connectivity index (χ0v) is 13.4. The molecule has 22 heavy (non-hydrogen) atoms. The van der Waals surface area contributed by atoms with E-state index in [0.717, 1.165) is 0 Å². The molecule has 6 nitrogen and oxygen atoms in total. The molecule has 0 fully saturated rings. The summed E-state index contributed by atoms with van der Waals surface area (Å²) in [4.78, 5) is 12.1. The van der Waals surface area contributed by atoms with Gasteiger partial charge < -0.3 is 5.32 Å². The summed E-state index contributed by atoms with van der Waals surface area (Å²) in [6.45, 7) is 3.95.